The average Bonchev–Trinajstić information content (AvgIpc) is 2.82. The van der Waals surface area contributed by atoms with E-state index < -0.39 is 7.74 Å². The molecule has 5 nitrogen and oxygen atoms in total. The maximum absolute atomic E-state index is 5.95. The summed E-state index contributed by atoms with van der Waals surface area (Å²) in [6, 6.07) is 9.64. The third-order valence-corrected chi connectivity index (χ3v) is 5.64. The second kappa shape index (κ2) is 6.10. The van der Waals surface area contributed by atoms with E-state index in [1.165, 1.54) is 6.26 Å². The molecule has 1 aliphatic rings. The molecule has 20 heavy (non-hydrogen) atoms. The van der Waals surface area contributed by atoms with Crippen molar-refractivity contribution in [1.82, 2.24) is 0 Å². The Kier molecular flexibility index (Phi) is 4.66. The Hall–Kier alpha value is -1.13. The second-order valence-electron chi connectivity index (χ2n) is 4.04. The van der Waals surface area contributed by atoms with Crippen molar-refractivity contribution < 1.29 is 22.6 Å². The van der Waals surface area contributed by atoms with E-state index in [2.05, 4.69) is 0 Å². The molecule has 2 rings (SSSR count). The van der Waals surface area contributed by atoms with E-state index >= 15 is 0 Å². The molecule has 112 valence electrons. The molecular formula is C14H21O5P. The summed E-state index contributed by atoms with van der Waals surface area (Å²) in [4.78, 5) is 0. The van der Waals surface area contributed by atoms with Crippen molar-refractivity contribution in [2.75, 3.05) is 19.8 Å². The summed E-state index contributed by atoms with van der Waals surface area (Å²) in [6.07, 6.45) is 1.51. The minimum absolute atomic E-state index is 0.369. The zero-order chi connectivity index (χ0) is 14.5. The summed E-state index contributed by atoms with van der Waals surface area (Å²) < 4.78 is 28.7. The SMILES string of the molecule is CCOP1(OCC)(OCC)OC=C(c2ccccc2)O1. The zero-order valence-electron chi connectivity index (χ0n) is 12.1. The van der Waals surface area contributed by atoms with Crippen molar-refractivity contribution in [3.05, 3.63) is 42.2 Å². The van der Waals surface area contributed by atoms with E-state index in [0.29, 0.717) is 25.6 Å². The van der Waals surface area contributed by atoms with Crippen LogP contribution >= 0.6 is 7.74 Å². The van der Waals surface area contributed by atoms with E-state index in [4.69, 9.17) is 22.6 Å². The van der Waals surface area contributed by atoms with Gasteiger partial charge in [-0.3, -0.25) is 0 Å². The Morgan fingerprint density at radius 2 is 1.45 bits per heavy atom. The fourth-order valence-electron chi connectivity index (χ4n) is 1.98. The van der Waals surface area contributed by atoms with Crippen LogP contribution in [0.5, 0.6) is 0 Å². The molecule has 0 N–H and O–H groups in total. The van der Waals surface area contributed by atoms with E-state index in [-0.39, 0.29) is 0 Å². The van der Waals surface area contributed by atoms with Crippen molar-refractivity contribution in [3.63, 3.8) is 0 Å². The Balaban J connectivity index is 2.29. The standard InChI is InChI=1S/C14H21O5P/c1-4-15-20(16-5-2,17-6-3)18-12-14(19-20)13-10-8-7-9-11-13/h7-12H,4-6H2,1-3H3. The van der Waals surface area contributed by atoms with Crippen LogP contribution in [-0.2, 0) is 22.6 Å². The first kappa shape index (κ1) is 15.3. The van der Waals surface area contributed by atoms with Gasteiger partial charge in [0.15, 0.2) is 0 Å². The van der Waals surface area contributed by atoms with Crippen molar-refractivity contribution in [2.24, 2.45) is 0 Å². The Morgan fingerprint density at radius 3 is 1.95 bits per heavy atom. The number of hydrogen-bond acceptors (Lipinski definition) is 5. The van der Waals surface area contributed by atoms with Gasteiger partial charge in [0, 0.05) is 0 Å². The quantitative estimate of drug-likeness (QED) is 0.704. The summed E-state index contributed by atoms with van der Waals surface area (Å²) in [5.41, 5.74) is 0.887. The first-order valence-corrected chi connectivity index (χ1v) is 8.62. The van der Waals surface area contributed by atoms with Gasteiger partial charge in [0.05, 0.1) is 0 Å². The van der Waals surface area contributed by atoms with Gasteiger partial charge >= 0.3 is 119 Å². The molecule has 1 heterocycles. The van der Waals surface area contributed by atoms with Crippen molar-refractivity contribution >= 4 is 13.5 Å². The molecule has 0 spiro atoms. The minimum atomic E-state index is -4.00. The predicted molar refractivity (Wildman–Crippen MR) is 78.4 cm³/mol. The summed E-state index contributed by atoms with van der Waals surface area (Å²) in [5.74, 6) is 0.554. The van der Waals surface area contributed by atoms with Gasteiger partial charge in [-0.2, -0.15) is 0 Å². The number of hydrogen-bond donors (Lipinski definition) is 0. The van der Waals surface area contributed by atoms with E-state index in [1.54, 1.807) is 0 Å². The van der Waals surface area contributed by atoms with Crippen molar-refractivity contribution in [1.29, 1.82) is 0 Å². The molecular weight excluding hydrogens is 279 g/mol. The molecule has 1 aromatic carbocycles. The summed E-state index contributed by atoms with van der Waals surface area (Å²) in [7, 11) is -4.00. The van der Waals surface area contributed by atoms with Crippen LogP contribution in [0.1, 0.15) is 26.3 Å². The first-order valence-electron chi connectivity index (χ1n) is 6.79. The first-order chi connectivity index (χ1) is 9.67. The topological polar surface area (TPSA) is 46.2 Å². The van der Waals surface area contributed by atoms with Gasteiger partial charge in [-0.25, -0.2) is 0 Å². The molecule has 0 aliphatic carbocycles. The fraction of sp³-hybridized carbons (Fsp3) is 0.429. The fourth-order valence-corrected chi connectivity index (χ4v) is 4.59. The molecule has 0 amide bonds. The van der Waals surface area contributed by atoms with Crippen LogP contribution in [0.25, 0.3) is 5.76 Å². The third-order valence-electron chi connectivity index (χ3n) is 2.66. The van der Waals surface area contributed by atoms with Crippen LogP contribution in [-0.4, -0.2) is 19.8 Å². The summed E-state index contributed by atoms with van der Waals surface area (Å²) in [5, 5.41) is 0. The third kappa shape index (κ3) is 2.81. The van der Waals surface area contributed by atoms with Crippen LogP contribution in [0.15, 0.2) is 36.6 Å². The Labute approximate surface area is 119 Å². The van der Waals surface area contributed by atoms with E-state index in [1.807, 2.05) is 51.1 Å². The molecule has 1 aliphatic heterocycles. The molecule has 0 radical (unpaired) electrons. The molecule has 0 bridgehead atoms. The molecule has 0 atom stereocenters. The second-order valence-corrected chi connectivity index (χ2v) is 6.70. The zero-order valence-corrected chi connectivity index (χ0v) is 13.0. The van der Waals surface area contributed by atoms with Crippen LogP contribution in [0, 0.1) is 0 Å². The predicted octanol–water partition coefficient (Wildman–Crippen LogP) is 4.27. The molecule has 0 saturated heterocycles. The van der Waals surface area contributed by atoms with Crippen LogP contribution in [0.3, 0.4) is 0 Å². The molecule has 0 unspecified atom stereocenters. The van der Waals surface area contributed by atoms with Gasteiger partial charge in [-0.1, -0.05) is 0 Å². The van der Waals surface area contributed by atoms with Gasteiger partial charge in [0.1, 0.15) is 0 Å². The van der Waals surface area contributed by atoms with Crippen molar-refractivity contribution in [2.45, 2.75) is 20.8 Å². The number of benzene rings is 1. The van der Waals surface area contributed by atoms with Crippen LogP contribution in [0.4, 0.5) is 0 Å². The summed E-state index contributed by atoms with van der Waals surface area (Å²) >= 11 is 0. The summed E-state index contributed by atoms with van der Waals surface area (Å²) in [6.45, 7) is 6.65. The van der Waals surface area contributed by atoms with Gasteiger partial charge < -0.3 is 0 Å². The van der Waals surface area contributed by atoms with E-state index in [9.17, 15) is 0 Å². The average molecular weight is 300 g/mol. The van der Waals surface area contributed by atoms with Crippen LogP contribution < -0.4 is 0 Å². The van der Waals surface area contributed by atoms with Gasteiger partial charge in [0.2, 0.25) is 0 Å². The van der Waals surface area contributed by atoms with Crippen LogP contribution in [0.2, 0.25) is 0 Å². The maximum atomic E-state index is 5.95. The monoisotopic (exact) mass is 300 g/mol. The van der Waals surface area contributed by atoms with E-state index in [0.717, 1.165) is 5.56 Å². The molecule has 1 aromatic rings. The van der Waals surface area contributed by atoms with Crippen molar-refractivity contribution in [3.8, 4) is 0 Å². The normalized spacial score (nSPS) is 21.1. The molecule has 0 fully saturated rings. The molecule has 0 aromatic heterocycles. The molecule has 6 heteroatoms. The molecule has 0 saturated carbocycles. The number of rotatable bonds is 7. The Bertz CT molecular complexity index is 454. The Morgan fingerprint density at radius 1 is 0.900 bits per heavy atom. The van der Waals surface area contributed by atoms with Gasteiger partial charge in [-0.05, 0) is 0 Å². The van der Waals surface area contributed by atoms with Gasteiger partial charge in [0.25, 0.3) is 0 Å². The van der Waals surface area contributed by atoms with Gasteiger partial charge in [-0.15, -0.1) is 0 Å².